The van der Waals surface area contributed by atoms with E-state index in [1.165, 1.54) is 250 Å². The lowest BCUT2D eigenvalue weighted by Crippen LogP contribution is -2.37. The van der Waals surface area contributed by atoms with Crippen molar-refractivity contribution in [3.05, 3.63) is 109 Å². The van der Waals surface area contributed by atoms with Crippen LogP contribution in [0.15, 0.2) is 109 Å². The SMILES string of the molecule is CC/C=C\C/C=C\C/C=C\C/C=C\C/C=C\C/C=C\CCCCCCCCCCCCCCCCC(=O)OC(COC(=O)CCCCCCCCCCCCCCCCCCCCCCCCCC/C=C\C/C=C\C/C=C\CCCCCCC)COP(=O)([O-])OCC[N+](C)(C)C. The maximum absolute atomic E-state index is 12.9. The van der Waals surface area contributed by atoms with E-state index in [-0.39, 0.29) is 32.0 Å². The molecule has 0 aromatic rings. The lowest BCUT2D eigenvalue weighted by atomic mass is 10.0. The number of unbranched alkanes of at least 4 members (excludes halogenated alkanes) is 43. The second-order valence-electron chi connectivity index (χ2n) is 28.4. The van der Waals surface area contributed by atoms with E-state index in [9.17, 15) is 19.0 Å². The van der Waals surface area contributed by atoms with Crippen LogP contribution in [0.3, 0.4) is 0 Å². The van der Waals surface area contributed by atoms with E-state index in [1.807, 2.05) is 21.1 Å². The number of phosphoric ester groups is 1. The van der Waals surface area contributed by atoms with Crippen molar-refractivity contribution in [3.8, 4) is 0 Å². The third kappa shape index (κ3) is 79.7. The average Bonchev–Trinajstić information content (AvgIpc) is 1.48. The van der Waals surface area contributed by atoms with Crippen LogP contribution in [0.5, 0.6) is 0 Å². The van der Waals surface area contributed by atoms with Crippen LogP contribution in [0, 0.1) is 0 Å². The van der Waals surface area contributed by atoms with E-state index in [4.69, 9.17) is 18.5 Å². The Labute approximate surface area is 595 Å². The van der Waals surface area contributed by atoms with Crippen LogP contribution < -0.4 is 4.89 Å². The lowest BCUT2D eigenvalue weighted by Gasteiger charge is -2.28. The molecule has 0 aromatic carbocycles. The number of rotatable bonds is 75. The minimum atomic E-state index is -4.65. The molecule has 10 heteroatoms. The highest BCUT2D eigenvalue weighted by Crippen LogP contribution is 2.38. The molecule has 556 valence electrons. The fourth-order valence-electron chi connectivity index (χ4n) is 11.6. The molecule has 0 fully saturated rings. The molecule has 0 heterocycles. The van der Waals surface area contributed by atoms with Gasteiger partial charge in [0.2, 0.25) is 0 Å². The lowest BCUT2D eigenvalue weighted by molar-refractivity contribution is -0.870. The van der Waals surface area contributed by atoms with Gasteiger partial charge in [-0.25, -0.2) is 0 Å². The predicted molar refractivity (Wildman–Crippen MR) is 415 cm³/mol. The molecule has 9 nitrogen and oxygen atoms in total. The van der Waals surface area contributed by atoms with Crippen LogP contribution >= 0.6 is 7.82 Å². The van der Waals surface area contributed by atoms with E-state index in [2.05, 4.69) is 123 Å². The van der Waals surface area contributed by atoms with Crippen molar-refractivity contribution in [1.29, 1.82) is 0 Å². The van der Waals surface area contributed by atoms with Crippen molar-refractivity contribution >= 4 is 19.8 Å². The van der Waals surface area contributed by atoms with Gasteiger partial charge in [-0.15, -0.1) is 0 Å². The molecule has 0 amide bonds. The van der Waals surface area contributed by atoms with Crippen molar-refractivity contribution in [1.82, 2.24) is 0 Å². The topological polar surface area (TPSA) is 111 Å². The smallest absolute Gasteiger partial charge is 0.306 e. The summed E-state index contributed by atoms with van der Waals surface area (Å²) in [4.78, 5) is 38.2. The van der Waals surface area contributed by atoms with Crippen LogP contribution in [0.25, 0.3) is 0 Å². The van der Waals surface area contributed by atoms with Gasteiger partial charge in [0.15, 0.2) is 6.10 Å². The van der Waals surface area contributed by atoms with Crippen LogP contribution in [0.2, 0.25) is 0 Å². The Balaban J connectivity index is 3.94. The summed E-state index contributed by atoms with van der Waals surface area (Å²) in [5.74, 6) is -0.821. The molecule has 0 aliphatic rings. The highest BCUT2D eigenvalue weighted by atomic mass is 31.2. The zero-order valence-electron chi connectivity index (χ0n) is 63.6. The monoisotopic (exact) mass is 1360 g/mol. The van der Waals surface area contributed by atoms with E-state index >= 15 is 0 Å². The first-order chi connectivity index (χ1) is 47.0. The number of phosphoric acid groups is 1. The Hall–Kier alpha value is -3.33. The molecule has 0 aromatic heterocycles. The van der Waals surface area contributed by atoms with Crippen molar-refractivity contribution in [2.75, 3.05) is 47.5 Å². The quantitative estimate of drug-likeness (QED) is 0.0195. The summed E-state index contributed by atoms with van der Waals surface area (Å²) in [5.41, 5.74) is 0. The summed E-state index contributed by atoms with van der Waals surface area (Å²) in [6.45, 7) is 4.16. The normalized spacial score (nSPS) is 13.6. The van der Waals surface area contributed by atoms with Crippen molar-refractivity contribution in [2.45, 2.75) is 380 Å². The number of esters is 2. The zero-order chi connectivity index (χ0) is 69.7. The molecule has 0 saturated carbocycles. The largest absolute Gasteiger partial charge is 0.756 e. The molecule has 0 aliphatic heterocycles. The molecule has 0 bridgehead atoms. The summed E-state index contributed by atoms with van der Waals surface area (Å²) in [6.07, 6.45) is 108. The second kappa shape index (κ2) is 75.9. The zero-order valence-corrected chi connectivity index (χ0v) is 64.5. The van der Waals surface area contributed by atoms with Crippen LogP contribution in [-0.2, 0) is 32.7 Å². The maximum Gasteiger partial charge on any atom is 0.306 e. The molecule has 0 rings (SSSR count). The second-order valence-corrected chi connectivity index (χ2v) is 29.8. The first-order valence-electron chi connectivity index (χ1n) is 40.6. The number of hydrogen-bond acceptors (Lipinski definition) is 8. The molecule has 2 atom stereocenters. The Kier molecular flexibility index (Phi) is 73.2. The van der Waals surface area contributed by atoms with Gasteiger partial charge in [-0.2, -0.15) is 0 Å². The van der Waals surface area contributed by atoms with Crippen LogP contribution in [0.4, 0.5) is 0 Å². The minimum absolute atomic E-state index is 0.0324. The van der Waals surface area contributed by atoms with E-state index in [0.717, 1.165) is 89.9 Å². The first kappa shape index (κ1) is 92.7. The van der Waals surface area contributed by atoms with Gasteiger partial charge in [-0.05, 0) is 103 Å². The molecule has 0 N–H and O–H groups in total. The molecule has 0 spiro atoms. The molecular weight excluding hydrogens is 1210 g/mol. The van der Waals surface area contributed by atoms with Gasteiger partial charge < -0.3 is 27.9 Å². The Morgan fingerprint density at radius 2 is 0.594 bits per heavy atom. The van der Waals surface area contributed by atoms with Crippen LogP contribution in [0.1, 0.15) is 373 Å². The third-order valence-corrected chi connectivity index (χ3v) is 18.7. The Morgan fingerprint density at radius 1 is 0.333 bits per heavy atom. The minimum Gasteiger partial charge on any atom is -0.756 e. The summed E-state index contributed by atoms with van der Waals surface area (Å²) in [5, 5.41) is 0. The van der Waals surface area contributed by atoms with Gasteiger partial charge >= 0.3 is 11.9 Å². The fraction of sp³-hybridized carbons (Fsp3) is 0.767. The number of carbonyl (C=O) groups is 2. The van der Waals surface area contributed by atoms with Crippen molar-refractivity contribution in [3.63, 3.8) is 0 Å². The van der Waals surface area contributed by atoms with Crippen molar-refractivity contribution < 1.29 is 42.1 Å². The van der Waals surface area contributed by atoms with Crippen LogP contribution in [-0.4, -0.2) is 70.0 Å². The van der Waals surface area contributed by atoms with Crippen molar-refractivity contribution in [2.24, 2.45) is 0 Å². The summed E-state index contributed by atoms with van der Waals surface area (Å²) in [6, 6.07) is 0. The standard InChI is InChI=1S/C86H154NO8P/c1-6-8-10-12-14-16-18-20-22-24-26-28-30-32-34-36-38-40-41-42-43-44-45-47-48-50-52-54-56-58-60-62-64-66-68-70-72-74-76-78-85(88)92-82-84(83-94-96(90,91)93-81-80-87(3,4)5)95-86(89)79-77-75-73-71-69-67-65-63-61-59-57-55-53-51-49-46-39-37-35-33-31-29-27-25-23-21-19-17-15-13-11-9-7-2/h9,11,15,17-18,20-21,23-24,26-27,29-30,32-33,35,39,46,84H,6-8,10,12-14,16,19,22,25,28,31,34,36-38,40-45,47-83H2,1-5H3/b11-9-,17-15-,20-18-,23-21-,26-24-,29-27-,32-30-,35-33-,46-39-. The molecule has 0 radical (unpaired) electrons. The van der Waals surface area contributed by atoms with E-state index < -0.39 is 26.5 Å². The number of hydrogen-bond donors (Lipinski definition) is 0. The molecule has 2 unspecified atom stereocenters. The number of quaternary nitrogens is 1. The van der Waals surface area contributed by atoms with E-state index in [0.29, 0.717) is 17.4 Å². The molecule has 96 heavy (non-hydrogen) atoms. The predicted octanol–water partition coefficient (Wildman–Crippen LogP) is 26.5. The molecular formula is C86H154NO8P. The van der Waals surface area contributed by atoms with Gasteiger partial charge in [0.05, 0.1) is 27.7 Å². The number of carbonyl (C=O) groups excluding carboxylic acids is 2. The average molecular weight is 1360 g/mol. The van der Waals surface area contributed by atoms with Gasteiger partial charge in [0.1, 0.15) is 19.8 Å². The summed E-state index contributed by atoms with van der Waals surface area (Å²) >= 11 is 0. The Bertz CT molecular complexity index is 1990. The highest BCUT2D eigenvalue weighted by molar-refractivity contribution is 7.45. The molecule has 0 saturated heterocycles. The highest BCUT2D eigenvalue weighted by Gasteiger charge is 2.22. The van der Waals surface area contributed by atoms with Gasteiger partial charge in [0.25, 0.3) is 7.82 Å². The van der Waals surface area contributed by atoms with E-state index in [1.54, 1.807) is 0 Å². The van der Waals surface area contributed by atoms with Gasteiger partial charge in [0, 0.05) is 12.8 Å². The van der Waals surface area contributed by atoms with Gasteiger partial charge in [-0.3, -0.25) is 14.2 Å². The number of nitrogens with zero attached hydrogens (tertiary/aromatic N) is 1. The fourth-order valence-corrected chi connectivity index (χ4v) is 12.3. The Morgan fingerprint density at radius 3 is 0.885 bits per heavy atom. The third-order valence-electron chi connectivity index (χ3n) is 17.8. The first-order valence-corrected chi connectivity index (χ1v) is 42.1. The number of ether oxygens (including phenoxy) is 2. The number of likely N-dealkylation sites (N-methyl/N-ethyl adjacent to an activating group) is 1. The van der Waals surface area contributed by atoms with Gasteiger partial charge in [-0.1, -0.05) is 367 Å². The summed E-state index contributed by atoms with van der Waals surface area (Å²) in [7, 11) is 1.17. The summed E-state index contributed by atoms with van der Waals surface area (Å²) < 4.78 is 34.4. The maximum atomic E-state index is 12.9. The number of allylic oxidation sites excluding steroid dienone is 18. The molecule has 0 aliphatic carbocycles.